The van der Waals surface area contributed by atoms with E-state index in [1.165, 1.54) is 22.3 Å². The van der Waals surface area contributed by atoms with E-state index in [0.29, 0.717) is 35.0 Å². The van der Waals surface area contributed by atoms with Crippen LogP contribution in [0.2, 0.25) is 10.0 Å². The molecule has 7 heteroatoms. The Morgan fingerprint density at radius 2 is 1.03 bits per heavy atom. The summed E-state index contributed by atoms with van der Waals surface area (Å²) < 4.78 is 4.96. The summed E-state index contributed by atoms with van der Waals surface area (Å²) >= 11 is 12.2. The molecule has 0 aliphatic rings. The van der Waals surface area contributed by atoms with Gasteiger partial charge in [-0.25, -0.2) is 9.97 Å². The molecule has 0 fully saturated rings. The van der Waals surface area contributed by atoms with Gasteiger partial charge in [-0.1, -0.05) is 171 Å². The van der Waals surface area contributed by atoms with Gasteiger partial charge in [0.15, 0.2) is 0 Å². The van der Waals surface area contributed by atoms with E-state index in [2.05, 4.69) is 105 Å². The van der Waals surface area contributed by atoms with Gasteiger partial charge in [-0.3, -0.25) is 4.79 Å². The number of carbonyl (C=O) groups excluding carboxylic acids is 1. The molecule has 0 spiro atoms. The lowest BCUT2D eigenvalue weighted by atomic mass is 9.87. The molecule has 2 unspecified atom stereocenters. The van der Waals surface area contributed by atoms with Crippen LogP contribution in [-0.4, -0.2) is 21.5 Å². The smallest absolute Gasteiger partial charge is 0.293 e. The first-order valence-corrected chi connectivity index (χ1v) is 23.3. The molecule has 0 saturated heterocycles. The molecule has 0 bridgehead atoms. The van der Waals surface area contributed by atoms with Crippen molar-refractivity contribution < 1.29 is 14.6 Å². The highest BCUT2D eigenvalue weighted by Gasteiger charge is 2.20. The lowest BCUT2D eigenvalue weighted by molar-refractivity contribution is -0.129. The molecule has 0 radical (unpaired) electrons. The predicted octanol–water partition coefficient (Wildman–Crippen LogP) is 15.5. The summed E-state index contributed by atoms with van der Waals surface area (Å²) in [7, 11) is 0. The minimum atomic E-state index is -0.827. The molecule has 2 heterocycles. The number of hydrogen-bond acceptors (Lipinski definition) is 5. The van der Waals surface area contributed by atoms with Gasteiger partial charge < -0.3 is 9.84 Å². The van der Waals surface area contributed by atoms with Gasteiger partial charge in [0.25, 0.3) is 6.47 Å². The van der Waals surface area contributed by atoms with Gasteiger partial charge in [0.1, 0.15) is 6.61 Å². The molecular formula is C59H56Cl2N2O3. The first-order valence-electron chi connectivity index (χ1n) is 22.5. The molecule has 334 valence electrons. The van der Waals surface area contributed by atoms with Gasteiger partial charge in [-0.05, 0) is 144 Å². The number of fused-ring (bicyclic) bond motifs is 2. The molecule has 0 aliphatic heterocycles. The van der Waals surface area contributed by atoms with Crippen molar-refractivity contribution in [2.45, 2.75) is 77.4 Å². The first kappa shape index (κ1) is 47.6. The maximum atomic E-state index is 10.6. The number of aromatic nitrogens is 2. The molecule has 2 aromatic heterocycles. The van der Waals surface area contributed by atoms with Crippen molar-refractivity contribution in [2.75, 3.05) is 0 Å². The molecule has 0 aliphatic carbocycles. The van der Waals surface area contributed by atoms with Gasteiger partial charge in [-0.15, -0.1) is 0 Å². The van der Waals surface area contributed by atoms with Crippen LogP contribution in [0.1, 0.15) is 108 Å². The number of ether oxygens (including phenoxy) is 1. The minimum Gasteiger partial charge on any atom is -0.463 e. The highest BCUT2D eigenvalue weighted by atomic mass is 35.5. The van der Waals surface area contributed by atoms with Crippen LogP contribution in [0.15, 0.2) is 158 Å². The fraction of sp³-hybridized carbons (Fsp3) is 0.203. The van der Waals surface area contributed by atoms with E-state index in [4.69, 9.17) is 37.9 Å². The molecule has 6 aromatic carbocycles. The Kier molecular flexibility index (Phi) is 16.4. The predicted molar refractivity (Wildman–Crippen MR) is 277 cm³/mol. The maximum Gasteiger partial charge on any atom is 0.293 e. The van der Waals surface area contributed by atoms with Crippen molar-refractivity contribution in [1.29, 1.82) is 0 Å². The lowest BCUT2D eigenvalue weighted by Gasteiger charge is -2.22. The van der Waals surface area contributed by atoms with Crippen molar-refractivity contribution >= 4 is 75.8 Å². The van der Waals surface area contributed by atoms with Crippen LogP contribution >= 0.6 is 23.2 Å². The van der Waals surface area contributed by atoms with Gasteiger partial charge >= 0.3 is 0 Å². The summed E-state index contributed by atoms with van der Waals surface area (Å²) in [6.07, 6.45) is 12.2. The van der Waals surface area contributed by atoms with E-state index in [9.17, 15) is 9.90 Å². The summed E-state index contributed by atoms with van der Waals surface area (Å²) in [4.78, 5) is 20.0. The summed E-state index contributed by atoms with van der Waals surface area (Å²) in [6.45, 7) is 9.05. The third kappa shape index (κ3) is 13.4. The van der Waals surface area contributed by atoms with Crippen LogP contribution in [0.4, 0.5) is 0 Å². The van der Waals surface area contributed by atoms with Gasteiger partial charge in [0.05, 0.1) is 28.0 Å². The second-order valence-electron chi connectivity index (χ2n) is 17.4. The number of halogens is 2. The van der Waals surface area contributed by atoms with E-state index in [1.54, 1.807) is 0 Å². The number of benzene rings is 6. The molecule has 8 aromatic rings. The quantitative estimate of drug-likeness (QED) is 0.0978. The van der Waals surface area contributed by atoms with E-state index >= 15 is 0 Å². The third-order valence-corrected chi connectivity index (χ3v) is 12.5. The average molecular weight is 912 g/mol. The van der Waals surface area contributed by atoms with E-state index in [-0.39, 0.29) is 0 Å². The number of carbonyl (C=O) groups is 1. The zero-order valence-electron chi connectivity index (χ0n) is 38.0. The number of aliphatic hydroxyl groups is 1. The fourth-order valence-corrected chi connectivity index (χ4v) is 8.51. The topological polar surface area (TPSA) is 72.3 Å². The van der Waals surface area contributed by atoms with Crippen molar-refractivity contribution in [3.63, 3.8) is 0 Å². The normalized spacial score (nSPS) is 12.6. The second kappa shape index (κ2) is 22.7. The van der Waals surface area contributed by atoms with E-state index in [1.807, 2.05) is 105 Å². The molecule has 5 nitrogen and oxygen atoms in total. The summed E-state index contributed by atoms with van der Waals surface area (Å²) in [6, 6.07) is 53.4. The zero-order valence-corrected chi connectivity index (χ0v) is 39.5. The second-order valence-corrected chi connectivity index (χ2v) is 18.3. The van der Waals surface area contributed by atoms with E-state index in [0.717, 1.165) is 81.1 Å². The van der Waals surface area contributed by atoms with Crippen molar-refractivity contribution in [3.05, 3.63) is 224 Å². The van der Waals surface area contributed by atoms with Crippen LogP contribution in [0.5, 0.6) is 0 Å². The van der Waals surface area contributed by atoms with Gasteiger partial charge in [0.2, 0.25) is 0 Å². The van der Waals surface area contributed by atoms with Crippen LogP contribution < -0.4 is 0 Å². The van der Waals surface area contributed by atoms with Gasteiger partial charge in [-0.2, -0.15) is 0 Å². The Hall–Kier alpha value is -6.37. The lowest BCUT2D eigenvalue weighted by Crippen LogP contribution is -2.18. The van der Waals surface area contributed by atoms with Crippen molar-refractivity contribution in [3.8, 4) is 0 Å². The van der Waals surface area contributed by atoms with E-state index < -0.39 is 5.60 Å². The summed E-state index contributed by atoms with van der Waals surface area (Å²) in [5.74, 6) is 0.813. The van der Waals surface area contributed by atoms with Crippen molar-refractivity contribution in [2.24, 2.45) is 0 Å². The van der Waals surface area contributed by atoms with Crippen LogP contribution in [0.25, 0.3) is 46.1 Å². The monoisotopic (exact) mass is 910 g/mol. The number of hydrogen-bond donors (Lipinski definition) is 1. The van der Waals surface area contributed by atoms with Crippen molar-refractivity contribution in [1.82, 2.24) is 9.97 Å². The van der Waals surface area contributed by atoms with Crippen LogP contribution in [-0.2, 0) is 34.6 Å². The van der Waals surface area contributed by atoms with Crippen LogP contribution in [0, 0.1) is 0 Å². The SMILES string of the molecule is CC(CCc1ccccc1C(C)(C)O)c1cccc(/C=C/c2ccc3ccc(Cl)cc3n2)c1.CC(CCc1ccccc1COC=O)c1cccc(/C=C/c2ccc3ccc(Cl)cc3n2)c1. The number of pyridine rings is 2. The van der Waals surface area contributed by atoms with Gasteiger partial charge in [0, 0.05) is 20.8 Å². The highest BCUT2D eigenvalue weighted by Crippen LogP contribution is 2.29. The molecule has 1 N–H and O–H groups in total. The minimum absolute atomic E-state index is 0.323. The number of rotatable bonds is 16. The Balaban J connectivity index is 0.000000196. The average Bonchev–Trinajstić information content (AvgIpc) is 3.33. The summed E-state index contributed by atoms with van der Waals surface area (Å²) in [5, 5.41) is 14.0. The molecular weight excluding hydrogens is 856 g/mol. The summed E-state index contributed by atoms with van der Waals surface area (Å²) in [5.41, 5.74) is 12.2. The Morgan fingerprint density at radius 1 is 0.561 bits per heavy atom. The fourth-order valence-electron chi connectivity index (χ4n) is 8.18. The Morgan fingerprint density at radius 3 is 1.55 bits per heavy atom. The Labute approximate surface area is 399 Å². The molecule has 0 amide bonds. The number of aryl methyl sites for hydroxylation is 2. The third-order valence-electron chi connectivity index (χ3n) is 12.0. The molecule has 0 saturated carbocycles. The van der Waals surface area contributed by atoms with Crippen LogP contribution in [0.3, 0.4) is 0 Å². The maximum absolute atomic E-state index is 10.6. The Bertz CT molecular complexity index is 2970. The number of nitrogens with zero attached hydrogens (tertiary/aromatic N) is 2. The highest BCUT2D eigenvalue weighted by molar-refractivity contribution is 6.31. The molecule has 2 atom stereocenters. The standard InChI is InChI=1S/C30H30ClNO.C29H26ClNO2/c1-21(11-13-23-8-4-5-10-28(23)30(2,3)33)25-9-6-7-22(19-25)12-17-27-18-15-24-14-16-26(31)20-29(24)32-27;1-21(9-11-23-6-2-3-7-26(23)19-33-20-32)25-8-4-5-22(17-25)10-15-28-16-13-24-12-14-27(30)18-29(24)31-28/h4-10,12,14-21,33H,11,13H2,1-3H3;2-8,10,12-18,20-21H,9,11,19H2,1H3/b17-12+;15-10+. The zero-order chi connectivity index (χ0) is 46.5. The first-order chi connectivity index (χ1) is 31.9. The molecule has 66 heavy (non-hydrogen) atoms. The molecule has 8 rings (SSSR count). The largest absolute Gasteiger partial charge is 0.463 e.